The molecule has 31 heavy (non-hydrogen) atoms. The largest absolute Gasteiger partial charge is 0.361 e. The van der Waals surface area contributed by atoms with Gasteiger partial charge in [0.1, 0.15) is 5.82 Å². The highest BCUT2D eigenvalue weighted by Crippen LogP contribution is 2.32. The molecule has 5 rings (SSSR count). The second-order valence-corrected chi connectivity index (χ2v) is 9.61. The molecule has 3 aromatic rings. The molecule has 5 heteroatoms. The van der Waals surface area contributed by atoms with Crippen molar-refractivity contribution in [2.75, 3.05) is 13.1 Å². The third-order valence-electron chi connectivity index (χ3n) is 7.23. The van der Waals surface area contributed by atoms with Crippen LogP contribution in [0, 0.1) is 18.8 Å². The number of nitrogens with one attached hydrogen (secondary N) is 1. The minimum Gasteiger partial charge on any atom is -0.361 e. The Morgan fingerprint density at radius 3 is 2.74 bits per heavy atom. The fourth-order valence-corrected chi connectivity index (χ4v) is 5.05. The predicted octanol–water partition coefficient (Wildman–Crippen LogP) is 4.89. The van der Waals surface area contributed by atoms with Crippen LogP contribution in [-0.4, -0.2) is 38.4 Å². The fourth-order valence-electron chi connectivity index (χ4n) is 5.05. The molecular weight excluding hydrogens is 384 g/mol. The maximum Gasteiger partial charge on any atom is 0.222 e. The van der Waals surface area contributed by atoms with E-state index in [-0.39, 0.29) is 0 Å². The number of fused-ring (bicyclic) bond motifs is 1. The van der Waals surface area contributed by atoms with Crippen LogP contribution in [-0.2, 0) is 24.2 Å². The number of benzene rings is 1. The van der Waals surface area contributed by atoms with Gasteiger partial charge in [-0.2, -0.15) is 0 Å². The Kier molecular flexibility index (Phi) is 5.84. The van der Waals surface area contributed by atoms with E-state index in [1.165, 1.54) is 40.8 Å². The van der Waals surface area contributed by atoms with Gasteiger partial charge in [-0.15, -0.1) is 0 Å². The summed E-state index contributed by atoms with van der Waals surface area (Å²) in [5.41, 5.74) is 3.79. The molecule has 0 bridgehead atoms. The van der Waals surface area contributed by atoms with E-state index in [1.807, 2.05) is 6.20 Å². The van der Waals surface area contributed by atoms with E-state index < -0.39 is 0 Å². The minimum atomic E-state index is 0.323. The van der Waals surface area contributed by atoms with Crippen LogP contribution in [0.2, 0.25) is 0 Å². The number of hydrogen-bond acceptors (Lipinski definition) is 2. The van der Waals surface area contributed by atoms with Crippen LogP contribution < -0.4 is 0 Å². The molecule has 0 radical (unpaired) electrons. The third-order valence-corrected chi connectivity index (χ3v) is 7.23. The summed E-state index contributed by atoms with van der Waals surface area (Å²) < 4.78 is 2.44. The van der Waals surface area contributed by atoms with Gasteiger partial charge >= 0.3 is 0 Å². The van der Waals surface area contributed by atoms with E-state index in [9.17, 15) is 4.79 Å². The van der Waals surface area contributed by atoms with Crippen molar-refractivity contribution >= 4 is 16.8 Å². The highest BCUT2D eigenvalue weighted by molar-refractivity contribution is 5.83. The van der Waals surface area contributed by atoms with Crippen LogP contribution in [0.15, 0.2) is 36.7 Å². The number of H-pyrrole nitrogens is 1. The summed E-state index contributed by atoms with van der Waals surface area (Å²) >= 11 is 0. The number of carbonyl (C=O) groups is 1. The number of piperidine rings is 1. The van der Waals surface area contributed by atoms with Gasteiger partial charge in [-0.25, -0.2) is 4.98 Å². The second kappa shape index (κ2) is 8.89. The molecule has 2 aromatic heterocycles. The molecule has 3 heterocycles. The molecule has 164 valence electrons. The number of hydrogen-bond donors (Lipinski definition) is 1. The maximum absolute atomic E-state index is 12.7. The average molecular weight is 419 g/mol. The van der Waals surface area contributed by atoms with E-state index >= 15 is 0 Å². The number of aromatic amines is 1. The summed E-state index contributed by atoms with van der Waals surface area (Å²) in [6, 6.07) is 8.39. The van der Waals surface area contributed by atoms with Crippen LogP contribution in [0.3, 0.4) is 0 Å². The SMILES string of the molecule is Cc1cnc(CC2CCN(C(=O)CCCc3c[nH]c4ccccc34)CC2)n1CC1CC1. The smallest absolute Gasteiger partial charge is 0.222 e. The molecule has 1 N–H and O–H groups in total. The van der Waals surface area contributed by atoms with Crippen molar-refractivity contribution in [1.29, 1.82) is 0 Å². The van der Waals surface area contributed by atoms with Crippen molar-refractivity contribution in [1.82, 2.24) is 19.4 Å². The first kappa shape index (κ1) is 20.3. The Balaban J connectivity index is 1.08. The number of aromatic nitrogens is 3. The van der Waals surface area contributed by atoms with Gasteiger partial charge in [0.15, 0.2) is 0 Å². The molecule has 1 amide bonds. The summed E-state index contributed by atoms with van der Waals surface area (Å²) in [4.78, 5) is 22.9. The number of rotatable bonds is 8. The van der Waals surface area contributed by atoms with Crippen molar-refractivity contribution < 1.29 is 4.79 Å². The molecular formula is C26H34N4O. The normalized spacial score (nSPS) is 17.5. The molecule has 1 saturated carbocycles. The van der Waals surface area contributed by atoms with Crippen LogP contribution in [0.1, 0.15) is 55.6 Å². The Morgan fingerprint density at radius 1 is 1.13 bits per heavy atom. The van der Waals surface area contributed by atoms with E-state index in [1.54, 1.807) is 0 Å². The number of nitrogens with zero attached hydrogens (tertiary/aromatic N) is 3. The van der Waals surface area contributed by atoms with Gasteiger partial charge in [0.05, 0.1) is 0 Å². The summed E-state index contributed by atoms with van der Waals surface area (Å²) in [5.74, 6) is 3.10. The minimum absolute atomic E-state index is 0.323. The Bertz CT molecular complexity index is 1040. The molecule has 1 aliphatic carbocycles. The molecule has 0 atom stereocenters. The summed E-state index contributed by atoms with van der Waals surface area (Å²) in [6.45, 7) is 5.13. The lowest BCUT2D eigenvalue weighted by atomic mass is 9.93. The highest BCUT2D eigenvalue weighted by Gasteiger charge is 2.26. The van der Waals surface area contributed by atoms with Gasteiger partial charge in [0.25, 0.3) is 0 Å². The lowest BCUT2D eigenvalue weighted by Gasteiger charge is -2.32. The summed E-state index contributed by atoms with van der Waals surface area (Å²) in [7, 11) is 0. The first-order chi connectivity index (χ1) is 15.2. The molecule has 1 saturated heterocycles. The van der Waals surface area contributed by atoms with Crippen molar-refractivity contribution in [2.24, 2.45) is 11.8 Å². The van der Waals surface area contributed by atoms with Crippen LogP contribution in [0.4, 0.5) is 0 Å². The third kappa shape index (κ3) is 4.70. The lowest BCUT2D eigenvalue weighted by Crippen LogP contribution is -2.39. The predicted molar refractivity (Wildman–Crippen MR) is 124 cm³/mol. The monoisotopic (exact) mass is 418 g/mol. The lowest BCUT2D eigenvalue weighted by molar-refractivity contribution is -0.132. The number of para-hydroxylation sites is 1. The molecule has 2 fully saturated rings. The van der Waals surface area contributed by atoms with Gasteiger partial charge in [-0.3, -0.25) is 4.79 Å². The number of amides is 1. The van der Waals surface area contributed by atoms with Crippen LogP contribution >= 0.6 is 0 Å². The zero-order valence-corrected chi connectivity index (χ0v) is 18.6. The number of imidazole rings is 1. The van der Waals surface area contributed by atoms with Crippen molar-refractivity contribution in [3.63, 3.8) is 0 Å². The zero-order valence-electron chi connectivity index (χ0n) is 18.6. The first-order valence-electron chi connectivity index (χ1n) is 12.0. The molecule has 5 nitrogen and oxygen atoms in total. The van der Waals surface area contributed by atoms with Crippen molar-refractivity contribution in [2.45, 2.75) is 64.8 Å². The van der Waals surface area contributed by atoms with E-state index in [0.29, 0.717) is 18.2 Å². The van der Waals surface area contributed by atoms with E-state index in [4.69, 9.17) is 4.98 Å². The summed E-state index contributed by atoms with van der Waals surface area (Å²) in [6.07, 6.45) is 12.6. The van der Waals surface area contributed by atoms with E-state index in [0.717, 1.165) is 57.7 Å². The highest BCUT2D eigenvalue weighted by atomic mass is 16.2. The number of carbonyl (C=O) groups excluding carboxylic acids is 1. The zero-order chi connectivity index (χ0) is 21.2. The maximum atomic E-state index is 12.7. The van der Waals surface area contributed by atoms with Gasteiger partial charge < -0.3 is 14.5 Å². The van der Waals surface area contributed by atoms with E-state index in [2.05, 4.69) is 51.8 Å². The molecule has 0 spiro atoms. The van der Waals surface area contributed by atoms with Gasteiger partial charge in [-0.1, -0.05) is 18.2 Å². The number of likely N-dealkylation sites (tertiary alicyclic amines) is 1. The molecule has 2 aliphatic rings. The Morgan fingerprint density at radius 2 is 1.94 bits per heavy atom. The first-order valence-corrected chi connectivity index (χ1v) is 12.0. The standard InChI is InChI=1S/C26H34N4O/c1-19-16-28-25(30(19)18-21-9-10-21)15-20-11-13-29(14-12-20)26(31)8-4-5-22-17-27-24-7-3-2-6-23(22)24/h2-3,6-7,16-17,20-21,27H,4-5,8-15,18H2,1H3. The Labute approximate surface area is 184 Å². The Hall–Kier alpha value is -2.56. The van der Waals surface area contributed by atoms with Crippen LogP contribution in [0.25, 0.3) is 10.9 Å². The van der Waals surface area contributed by atoms with Gasteiger partial charge in [-0.05, 0) is 68.9 Å². The van der Waals surface area contributed by atoms with Gasteiger partial charge in [0.2, 0.25) is 5.91 Å². The molecule has 1 aromatic carbocycles. The second-order valence-electron chi connectivity index (χ2n) is 9.61. The quantitative estimate of drug-likeness (QED) is 0.566. The van der Waals surface area contributed by atoms with Gasteiger partial charge in [0, 0.05) is 61.5 Å². The van der Waals surface area contributed by atoms with Crippen molar-refractivity contribution in [3.8, 4) is 0 Å². The molecule has 1 aliphatic heterocycles. The van der Waals surface area contributed by atoms with Crippen molar-refractivity contribution in [3.05, 3.63) is 53.7 Å². The van der Waals surface area contributed by atoms with Crippen LogP contribution in [0.5, 0.6) is 0 Å². The number of aryl methyl sites for hydroxylation is 2. The average Bonchev–Trinajstić information content (AvgIpc) is 3.43. The fraction of sp³-hybridized carbons (Fsp3) is 0.538. The summed E-state index contributed by atoms with van der Waals surface area (Å²) in [5, 5.41) is 1.28. The molecule has 0 unspecified atom stereocenters. The topological polar surface area (TPSA) is 53.9 Å².